The number of carbonyl (C=O) groups excluding carboxylic acids is 2. The Labute approximate surface area is 132 Å². The van der Waals surface area contributed by atoms with Crippen LogP contribution in [0, 0.1) is 0 Å². The summed E-state index contributed by atoms with van der Waals surface area (Å²) in [6, 6.07) is 0. The van der Waals surface area contributed by atoms with Gasteiger partial charge in [0.1, 0.15) is 0 Å². The topological polar surface area (TPSA) is 52.6 Å². The molecule has 0 fully saturated rings. The zero-order valence-electron chi connectivity index (χ0n) is 12.9. The maximum atomic E-state index is 11.3. The Morgan fingerprint density at radius 3 is 1.81 bits per heavy atom. The Kier molecular flexibility index (Phi) is 14.6. The van der Waals surface area contributed by atoms with Gasteiger partial charge in [0.2, 0.25) is 0 Å². The molecule has 0 atom stereocenters. The minimum atomic E-state index is -0.524. The molecule has 4 nitrogen and oxygen atoms in total. The second-order valence-corrected chi connectivity index (χ2v) is 5.15. The Hall–Kier alpha value is -1.03. The first-order valence-electron chi connectivity index (χ1n) is 7.78. The summed E-state index contributed by atoms with van der Waals surface area (Å²) >= 11 is 5.61. The van der Waals surface area contributed by atoms with E-state index in [0.29, 0.717) is 13.2 Å². The molecule has 21 heavy (non-hydrogen) atoms. The normalized spacial score (nSPS) is 10.8. The van der Waals surface area contributed by atoms with Crippen molar-refractivity contribution in [3.8, 4) is 0 Å². The van der Waals surface area contributed by atoms with Crippen LogP contribution in [-0.2, 0) is 19.1 Å². The summed E-state index contributed by atoms with van der Waals surface area (Å²) in [6.45, 7) is 2.41. The van der Waals surface area contributed by atoms with Gasteiger partial charge < -0.3 is 9.47 Å². The predicted molar refractivity (Wildman–Crippen MR) is 84.4 cm³/mol. The fourth-order valence-corrected chi connectivity index (χ4v) is 1.99. The van der Waals surface area contributed by atoms with Gasteiger partial charge in [0, 0.05) is 18.0 Å². The predicted octanol–water partition coefficient (Wildman–Crippen LogP) is 4.01. The van der Waals surface area contributed by atoms with E-state index in [1.165, 1.54) is 25.7 Å². The van der Waals surface area contributed by atoms with Gasteiger partial charge in [-0.05, 0) is 19.8 Å². The molecule has 0 aliphatic heterocycles. The highest BCUT2D eigenvalue weighted by Crippen LogP contribution is 2.09. The van der Waals surface area contributed by atoms with Crippen LogP contribution in [0.2, 0.25) is 0 Å². The van der Waals surface area contributed by atoms with E-state index >= 15 is 0 Å². The second-order valence-electron chi connectivity index (χ2n) is 4.77. The molecule has 0 N–H and O–H groups in total. The van der Waals surface area contributed by atoms with E-state index < -0.39 is 11.9 Å². The summed E-state index contributed by atoms with van der Waals surface area (Å²) in [5.74, 6) is -0.261. The molecule has 0 amide bonds. The lowest BCUT2D eigenvalue weighted by molar-refractivity contribution is -0.140. The Morgan fingerprint density at radius 2 is 1.29 bits per heavy atom. The van der Waals surface area contributed by atoms with Crippen LogP contribution in [0.25, 0.3) is 0 Å². The monoisotopic (exact) mass is 318 g/mol. The highest BCUT2D eigenvalue weighted by Gasteiger charge is 2.00. The van der Waals surface area contributed by atoms with E-state index in [2.05, 4.69) is 4.74 Å². The van der Waals surface area contributed by atoms with E-state index in [4.69, 9.17) is 16.3 Å². The van der Waals surface area contributed by atoms with E-state index in [9.17, 15) is 9.59 Å². The quantitative estimate of drug-likeness (QED) is 0.223. The number of alkyl halides is 1. The van der Waals surface area contributed by atoms with Crippen molar-refractivity contribution < 1.29 is 19.1 Å². The highest BCUT2D eigenvalue weighted by molar-refractivity contribution is 6.17. The molecule has 0 aromatic carbocycles. The first kappa shape index (κ1) is 20.0. The Bertz CT molecular complexity index is 303. The van der Waals surface area contributed by atoms with Crippen molar-refractivity contribution in [2.75, 3.05) is 19.1 Å². The van der Waals surface area contributed by atoms with Crippen molar-refractivity contribution in [3.05, 3.63) is 12.2 Å². The van der Waals surface area contributed by atoms with Crippen LogP contribution in [0.5, 0.6) is 0 Å². The van der Waals surface area contributed by atoms with Gasteiger partial charge in [-0.1, -0.05) is 38.5 Å². The highest BCUT2D eigenvalue weighted by atomic mass is 35.5. The Balaban J connectivity index is 3.34. The molecule has 0 aliphatic carbocycles. The van der Waals surface area contributed by atoms with Crippen LogP contribution in [0.3, 0.4) is 0 Å². The number of carbonyl (C=O) groups is 2. The van der Waals surface area contributed by atoms with Gasteiger partial charge in [-0.15, -0.1) is 11.6 Å². The summed E-state index contributed by atoms with van der Waals surface area (Å²) in [7, 11) is 0. The van der Waals surface area contributed by atoms with E-state index in [1.807, 2.05) is 0 Å². The van der Waals surface area contributed by atoms with Crippen LogP contribution >= 0.6 is 11.6 Å². The van der Waals surface area contributed by atoms with Crippen molar-refractivity contribution in [1.29, 1.82) is 0 Å². The molecule has 122 valence electrons. The third-order valence-corrected chi connectivity index (χ3v) is 3.18. The van der Waals surface area contributed by atoms with Gasteiger partial charge in [-0.2, -0.15) is 0 Å². The summed E-state index contributed by atoms with van der Waals surface area (Å²) in [5, 5.41) is 0. The molecule has 5 heteroatoms. The molecule has 0 saturated heterocycles. The van der Waals surface area contributed by atoms with E-state index in [1.54, 1.807) is 6.92 Å². The molecule has 0 spiro atoms. The SMILES string of the molecule is CCOC(=O)/C=C/C(=O)OCCCCCCCCCCCl. The van der Waals surface area contributed by atoms with Crippen LogP contribution in [0.1, 0.15) is 58.3 Å². The fourth-order valence-electron chi connectivity index (χ4n) is 1.80. The molecule has 0 aromatic rings. The number of halogens is 1. The standard InChI is InChI=1S/C16H27ClO4/c1-2-20-15(18)11-12-16(19)21-14-10-8-6-4-3-5-7-9-13-17/h11-12H,2-10,13-14H2,1H3/b12-11+. The zero-order chi connectivity index (χ0) is 15.8. The van der Waals surface area contributed by atoms with Gasteiger partial charge >= 0.3 is 11.9 Å². The summed E-state index contributed by atoms with van der Waals surface area (Å²) in [6.07, 6.45) is 11.3. The van der Waals surface area contributed by atoms with Crippen LogP contribution in [0.15, 0.2) is 12.2 Å². The number of esters is 2. The third-order valence-electron chi connectivity index (χ3n) is 2.91. The van der Waals surface area contributed by atoms with Gasteiger partial charge in [-0.25, -0.2) is 9.59 Å². The number of rotatable bonds is 13. The van der Waals surface area contributed by atoms with Gasteiger partial charge in [-0.3, -0.25) is 0 Å². The van der Waals surface area contributed by atoms with Crippen molar-refractivity contribution in [2.45, 2.75) is 58.3 Å². The molecule has 0 unspecified atom stereocenters. The van der Waals surface area contributed by atoms with E-state index in [0.717, 1.165) is 43.7 Å². The van der Waals surface area contributed by atoms with Crippen molar-refractivity contribution in [3.63, 3.8) is 0 Å². The molecular formula is C16H27ClO4. The summed E-state index contributed by atoms with van der Waals surface area (Å²) in [5.41, 5.74) is 0. The number of unbranched alkanes of at least 4 members (excludes halogenated alkanes) is 7. The lowest BCUT2D eigenvalue weighted by atomic mass is 10.1. The van der Waals surface area contributed by atoms with Crippen LogP contribution in [-0.4, -0.2) is 31.0 Å². The zero-order valence-corrected chi connectivity index (χ0v) is 13.7. The molecule has 0 saturated carbocycles. The minimum absolute atomic E-state index is 0.296. The Morgan fingerprint density at radius 1 is 0.810 bits per heavy atom. The maximum absolute atomic E-state index is 11.3. The largest absolute Gasteiger partial charge is 0.463 e. The molecular weight excluding hydrogens is 292 g/mol. The summed E-state index contributed by atoms with van der Waals surface area (Å²) < 4.78 is 9.64. The smallest absolute Gasteiger partial charge is 0.331 e. The molecule has 0 aromatic heterocycles. The van der Waals surface area contributed by atoms with Gasteiger partial charge in [0.25, 0.3) is 0 Å². The molecule has 0 aliphatic rings. The lowest BCUT2D eigenvalue weighted by Crippen LogP contribution is -2.05. The minimum Gasteiger partial charge on any atom is -0.463 e. The van der Waals surface area contributed by atoms with Gasteiger partial charge in [0.05, 0.1) is 13.2 Å². The number of hydrogen-bond acceptors (Lipinski definition) is 4. The molecule has 0 rings (SSSR count). The van der Waals surface area contributed by atoms with Crippen molar-refractivity contribution in [1.82, 2.24) is 0 Å². The first-order valence-corrected chi connectivity index (χ1v) is 8.31. The third kappa shape index (κ3) is 15.2. The maximum Gasteiger partial charge on any atom is 0.331 e. The average Bonchev–Trinajstić information content (AvgIpc) is 2.47. The van der Waals surface area contributed by atoms with Gasteiger partial charge in [0.15, 0.2) is 0 Å². The van der Waals surface area contributed by atoms with Crippen molar-refractivity contribution in [2.24, 2.45) is 0 Å². The van der Waals surface area contributed by atoms with E-state index in [-0.39, 0.29) is 0 Å². The molecule has 0 bridgehead atoms. The number of hydrogen-bond donors (Lipinski definition) is 0. The van der Waals surface area contributed by atoms with Crippen molar-refractivity contribution >= 4 is 23.5 Å². The number of ether oxygens (including phenoxy) is 2. The second kappa shape index (κ2) is 15.4. The molecule has 0 radical (unpaired) electrons. The lowest BCUT2D eigenvalue weighted by Gasteiger charge is -2.03. The summed E-state index contributed by atoms with van der Waals surface area (Å²) in [4.78, 5) is 22.2. The van der Waals surface area contributed by atoms with Crippen LogP contribution < -0.4 is 0 Å². The fraction of sp³-hybridized carbons (Fsp3) is 0.750. The molecule has 0 heterocycles. The first-order chi connectivity index (χ1) is 10.2. The average molecular weight is 319 g/mol. The van der Waals surface area contributed by atoms with Crippen LogP contribution in [0.4, 0.5) is 0 Å².